The molecule has 0 aromatic carbocycles. The number of rotatable bonds is 1. The summed E-state index contributed by atoms with van der Waals surface area (Å²) < 4.78 is 4.85. The first-order valence-corrected chi connectivity index (χ1v) is 5.22. The van der Waals surface area contributed by atoms with Gasteiger partial charge in [0.15, 0.2) is 6.29 Å². The number of aliphatic hydroxyl groups excluding tert-OH is 1. The Balaban J connectivity index is 0.000000921. The van der Waals surface area contributed by atoms with Crippen LogP contribution in [-0.4, -0.2) is 52.6 Å². The Morgan fingerprint density at radius 2 is 2.00 bits per heavy atom. The number of hydrogen-bond acceptors (Lipinski definition) is 4. The Morgan fingerprint density at radius 3 is 2.40 bits per heavy atom. The summed E-state index contributed by atoms with van der Waals surface area (Å²) in [4.78, 5) is 12.9. The van der Waals surface area contributed by atoms with Crippen LogP contribution in [0, 0.1) is 0 Å². The van der Waals surface area contributed by atoms with Crippen LogP contribution in [0.4, 0.5) is 0 Å². The summed E-state index contributed by atoms with van der Waals surface area (Å²) in [5.74, 6) is -0.380. The van der Waals surface area contributed by atoms with Crippen molar-refractivity contribution < 1.29 is 19.7 Å². The molecule has 2 N–H and O–H groups in total. The van der Waals surface area contributed by atoms with E-state index < -0.39 is 11.9 Å². The molecule has 1 amide bonds. The summed E-state index contributed by atoms with van der Waals surface area (Å²) in [5, 5.41) is 18.5. The molecule has 1 unspecified atom stereocenters. The van der Waals surface area contributed by atoms with E-state index in [4.69, 9.17) is 9.84 Å². The minimum absolute atomic E-state index is 0.128. The van der Waals surface area contributed by atoms with Crippen LogP contribution >= 0.6 is 0 Å². The molecule has 5 nitrogen and oxygen atoms in total. The van der Waals surface area contributed by atoms with Crippen molar-refractivity contribution in [1.82, 2.24) is 4.90 Å². The Labute approximate surface area is 90.6 Å². The van der Waals surface area contributed by atoms with E-state index in [1.807, 2.05) is 13.8 Å². The van der Waals surface area contributed by atoms with E-state index in [1.54, 1.807) is 0 Å². The van der Waals surface area contributed by atoms with Gasteiger partial charge in [0.1, 0.15) is 5.60 Å². The summed E-state index contributed by atoms with van der Waals surface area (Å²) >= 11 is 0. The summed E-state index contributed by atoms with van der Waals surface area (Å²) in [7, 11) is 0. The van der Waals surface area contributed by atoms with Crippen molar-refractivity contribution in [3.8, 4) is 0 Å². The largest absolute Gasteiger partial charge is 0.381 e. The topological polar surface area (TPSA) is 70.0 Å². The molecule has 1 heterocycles. The predicted octanol–water partition coefficient (Wildman–Crippen LogP) is -0.0393. The second kappa shape index (κ2) is 6.05. The lowest BCUT2D eigenvalue weighted by molar-refractivity contribution is -0.175. The average Bonchev–Trinajstić information content (AvgIpc) is 2.18. The Hall–Kier alpha value is -0.650. The smallest absolute Gasteiger partial charge is 0.254 e. The van der Waals surface area contributed by atoms with E-state index in [0.717, 1.165) is 0 Å². The fourth-order valence-electron chi connectivity index (χ4n) is 1.20. The van der Waals surface area contributed by atoms with Crippen LogP contribution in [0.1, 0.15) is 27.7 Å². The molecule has 15 heavy (non-hydrogen) atoms. The molecule has 0 spiro atoms. The van der Waals surface area contributed by atoms with Crippen LogP contribution < -0.4 is 0 Å². The first-order chi connectivity index (χ1) is 6.91. The molecule has 90 valence electrons. The third-order valence-electron chi connectivity index (χ3n) is 1.86. The van der Waals surface area contributed by atoms with E-state index in [0.29, 0.717) is 13.2 Å². The van der Waals surface area contributed by atoms with Gasteiger partial charge in [0.05, 0.1) is 13.2 Å². The molecule has 5 heteroatoms. The minimum Gasteiger partial charge on any atom is -0.381 e. The van der Waals surface area contributed by atoms with Gasteiger partial charge in [0.25, 0.3) is 5.91 Å². The molecule has 0 aromatic heterocycles. The molecule has 1 atom stereocenters. The number of carbonyl (C=O) groups is 1. The minimum atomic E-state index is -1.38. The van der Waals surface area contributed by atoms with Crippen molar-refractivity contribution in [2.45, 2.75) is 39.6 Å². The summed E-state index contributed by atoms with van der Waals surface area (Å²) in [6.07, 6.45) is -0.931. The Kier molecular flexibility index (Phi) is 5.79. The molecule has 1 aliphatic rings. The lowest BCUT2D eigenvalue weighted by Crippen LogP contribution is -2.52. The fraction of sp³-hybridized carbons (Fsp3) is 0.900. The molecule has 1 rings (SSSR count). The molecule has 0 aromatic rings. The number of aliphatic hydroxyl groups is 2. The highest BCUT2D eigenvalue weighted by atomic mass is 16.6. The first-order valence-electron chi connectivity index (χ1n) is 5.22. The summed E-state index contributed by atoms with van der Waals surface area (Å²) in [6.45, 7) is 7.71. The normalized spacial score (nSPS) is 21.7. The molecule has 0 saturated carbocycles. The van der Waals surface area contributed by atoms with Gasteiger partial charge in [-0.15, -0.1) is 0 Å². The number of nitrogens with zero attached hydrogens (tertiary/aromatic N) is 1. The monoisotopic (exact) mass is 219 g/mol. The highest BCUT2D eigenvalue weighted by molar-refractivity contribution is 5.84. The van der Waals surface area contributed by atoms with Gasteiger partial charge in [-0.3, -0.25) is 4.79 Å². The molecular formula is C10H21NO4. The number of ether oxygens (including phenoxy) is 1. The van der Waals surface area contributed by atoms with E-state index in [2.05, 4.69) is 0 Å². The standard InChI is InChI=1S/C8H15NO4.C2H6/c1-8(2,12)7(11)9-3-4-13-6(10)5-9;1-2/h6,10,12H,3-5H2,1-2H3;1-2H3. The van der Waals surface area contributed by atoms with Gasteiger partial charge in [-0.25, -0.2) is 0 Å². The second-order valence-electron chi connectivity index (χ2n) is 3.64. The lowest BCUT2D eigenvalue weighted by atomic mass is 10.1. The third-order valence-corrected chi connectivity index (χ3v) is 1.86. The molecule has 0 aliphatic carbocycles. The fourth-order valence-corrected chi connectivity index (χ4v) is 1.20. The van der Waals surface area contributed by atoms with Gasteiger partial charge in [-0.2, -0.15) is 0 Å². The highest BCUT2D eigenvalue weighted by Crippen LogP contribution is 2.11. The van der Waals surface area contributed by atoms with Gasteiger partial charge in [0, 0.05) is 6.54 Å². The van der Waals surface area contributed by atoms with Gasteiger partial charge in [-0.05, 0) is 13.8 Å². The van der Waals surface area contributed by atoms with Crippen LogP contribution in [-0.2, 0) is 9.53 Å². The van der Waals surface area contributed by atoms with Crippen molar-refractivity contribution in [1.29, 1.82) is 0 Å². The number of carbonyl (C=O) groups excluding carboxylic acids is 1. The number of amides is 1. The maximum atomic E-state index is 11.5. The van der Waals surface area contributed by atoms with Crippen molar-refractivity contribution in [3.05, 3.63) is 0 Å². The zero-order valence-corrected chi connectivity index (χ0v) is 9.86. The van der Waals surface area contributed by atoms with Crippen molar-refractivity contribution in [3.63, 3.8) is 0 Å². The van der Waals surface area contributed by atoms with Crippen molar-refractivity contribution in [2.24, 2.45) is 0 Å². The molecule has 1 fully saturated rings. The first kappa shape index (κ1) is 14.3. The highest BCUT2D eigenvalue weighted by Gasteiger charge is 2.32. The van der Waals surface area contributed by atoms with E-state index in [1.165, 1.54) is 18.7 Å². The Morgan fingerprint density at radius 1 is 1.47 bits per heavy atom. The quantitative estimate of drug-likeness (QED) is 0.649. The van der Waals surface area contributed by atoms with Crippen LogP contribution in [0.5, 0.6) is 0 Å². The van der Waals surface area contributed by atoms with E-state index in [-0.39, 0.29) is 12.5 Å². The number of hydrogen-bond donors (Lipinski definition) is 2. The molecule has 1 aliphatic heterocycles. The third kappa shape index (κ3) is 4.59. The number of morpholine rings is 1. The van der Waals surface area contributed by atoms with Crippen LogP contribution in [0.3, 0.4) is 0 Å². The molecule has 0 bridgehead atoms. The zero-order chi connectivity index (χ0) is 12.1. The molecular weight excluding hydrogens is 198 g/mol. The average molecular weight is 219 g/mol. The lowest BCUT2D eigenvalue weighted by Gasteiger charge is -2.33. The SMILES string of the molecule is CC.CC(C)(O)C(=O)N1CCOC(O)C1. The predicted molar refractivity (Wildman–Crippen MR) is 56.2 cm³/mol. The number of β-amino-alcohol motifs (C(OH)–C–C–N with tert-alkyl or cyclic N) is 1. The maximum Gasteiger partial charge on any atom is 0.254 e. The Bertz CT molecular complexity index is 200. The molecule has 1 saturated heterocycles. The van der Waals surface area contributed by atoms with Crippen LogP contribution in [0.25, 0.3) is 0 Å². The van der Waals surface area contributed by atoms with Crippen molar-refractivity contribution >= 4 is 5.91 Å². The van der Waals surface area contributed by atoms with Crippen LogP contribution in [0.15, 0.2) is 0 Å². The second-order valence-corrected chi connectivity index (χ2v) is 3.64. The van der Waals surface area contributed by atoms with E-state index >= 15 is 0 Å². The maximum absolute atomic E-state index is 11.5. The van der Waals surface area contributed by atoms with Gasteiger partial charge < -0.3 is 19.8 Å². The zero-order valence-electron chi connectivity index (χ0n) is 9.86. The van der Waals surface area contributed by atoms with E-state index in [9.17, 15) is 9.90 Å². The van der Waals surface area contributed by atoms with Gasteiger partial charge in [0.2, 0.25) is 0 Å². The van der Waals surface area contributed by atoms with Crippen LogP contribution in [0.2, 0.25) is 0 Å². The molecule has 0 radical (unpaired) electrons. The summed E-state index contributed by atoms with van der Waals surface area (Å²) in [6, 6.07) is 0. The van der Waals surface area contributed by atoms with Gasteiger partial charge in [-0.1, -0.05) is 13.8 Å². The van der Waals surface area contributed by atoms with Crippen molar-refractivity contribution in [2.75, 3.05) is 19.7 Å². The van der Waals surface area contributed by atoms with Gasteiger partial charge >= 0.3 is 0 Å². The summed E-state index contributed by atoms with van der Waals surface area (Å²) in [5.41, 5.74) is -1.38.